The Bertz CT molecular complexity index is 286. The van der Waals surface area contributed by atoms with Crippen molar-refractivity contribution in [3.8, 4) is 0 Å². The van der Waals surface area contributed by atoms with Crippen LogP contribution in [0.4, 0.5) is 0 Å². The van der Waals surface area contributed by atoms with E-state index in [0.717, 1.165) is 25.7 Å². The average molecular weight is 255 g/mol. The van der Waals surface area contributed by atoms with Gasteiger partial charge >= 0.3 is 0 Å². The van der Waals surface area contributed by atoms with Gasteiger partial charge in [-0.3, -0.25) is 9.59 Å². The molecule has 0 saturated heterocycles. The van der Waals surface area contributed by atoms with Gasteiger partial charge in [0, 0.05) is 19.0 Å². The van der Waals surface area contributed by atoms with Gasteiger partial charge in [0.05, 0.1) is 0 Å². The molecule has 18 heavy (non-hydrogen) atoms. The van der Waals surface area contributed by atoms with Crippen molar-refractivity contribution in [1.29, 1.82) is 0 Å². The van der Waals surface area contributed by atoms with Crippen molar-refractivity contribution >= 4 is 11.8 Å². The fourth-order valence-corrected chi connectivity index (χ4v) is 2.35. The van der Waals surface area contributed by atoms with Crippen molar-refractivity contribution in [3.05, 3.63) is 0 Å². The predicted molar refractivity (Wildman–Crippen MR) is 70.8 cm³/mol. The van der Waals surface area contributed by atoms with Crippen LogP contribution in [0.5, 0.6) is 0 Å². The maximum atomic E-state index is 11.8. The molecule has 0 aromatic heterocycles. The standard InChI is InChI=1S/C13H25N3O2/c1-3-15-13(18)9(2)16-12(17)8-10-4-6-11(14)7-5-10/h9-11H,3-8,14H2,1-2H3,(H,15,18)(H,16,17). The molecule has 0 heterocycles. The highest BCUT2D eigenvalue weighted by molar-refractivity contribution is 5.87. The number of likely N-dealkylation sites (N-methyl/N-ethyl adjacent to an activating group) is 1. The molecule has 0 aromatic rings. The quantitative estimate of drug-likeness (QED) is 0.670. The summed E-state index contributed by atoms with van der Waals surface area (Å²) < 4.78 is 0. The van der Waals surface area contributed by atoms with Crippen LogP contribution >= 0.6 is 0 Å². The molecule has 2 amide bonds. The highest BCUT2D eigenvalue weighted by Gasteiger charge is 2.22. The summed E-state index contributed by atoms with van der Waals surface area (Å²) in [6.07, 6.45) is 4.55. The SMILES string of the molecule is CCNC(=O)C(C)NC(=O)CC1CCC(N)CC1. The van der Waals surface area contributed by atoms with Gasteiger partial charge in [-0.2, -0.15) is 0 Å². The molecule has 1 aliphatic carbocycles. The maximum Gasteiger partial charge on any atom is 0.242 e. The summed E-state index contributed by atoms with van der Waals surface area (Å²) in [6.45, 7) is 4.15. The van der Waals surface area contributed by atoms with Crippen LogP contribution in [0.15, 0.2) is 0 Å². The predicted octanol–water partition coefficient (Wildman–Crippen LogP) is 0.535. The summed E-state index contributed by atoms with van der Waals surface area (Å²) in [5, 5.41) is 5.43. The van der Waals surface area contributed by atoms with Crippen molar-refractivity contribution in [2.75, 3.05) is 6.54 Å². The van der Waals surface area contributed by atoms with Gasteiger partial charge in [-0.25, -0.2) is 0 Å². The Morgan fingerprint density at radius 1 is 1.28 bits per heavy atom. The molecule has 0 spiro atoms. The van der Waals surface area contributed by atoms with E-state index in [1.54, 1.807) is 6.92 Å². The Morgan fingerprint density at radius 3 is 2.44 bits per heavy atom. The van der Waals surface area contributed by atoms with E-state index < -0.39 is 6.04 Å². The Kier molecular flexibility index (Phi) is 6.12. The molecule has 0 radical (unpaired) electrons. The molecule has 0 bridgehead atoms. The van der Waals surface area contributed by atoms with Gasteiger partial charge in [0.15, 0.2) is 0 Å². The normalized spacial score (nSPS) is 25.3. The molecule has 1 rings (SSSR count). The van der Waals surface area contributed by atoms with Crippen molar-refractivity contribution in [1.82, 2.24) is 10.6 Å². The van der Waals surface area contributed by atoms with Crippen LogP contribution in [0, 0.1) is 5.92 Å². The minimum Gasteiger partial charge on any atom is -0.355 e. The average Bonchev–Trinajstić information content (AvgIpc) is 2.32. The monoisotopic (exact) mass is 255 g/mol. The smallest absolute Gasteiger partial charge is 0.242 e. The fraction of sp³-hybridized carbons (Fsp3) is 0.846. The lowest BCUT2D eigenvalue weighted by Gasteiger charge is -2.26. The molecule has 0 aliphatic heterocycles. The van der Waals surface area contributed by atoms with Gasteiger partial charge in [0.25, 0.3) is 0 Å². The van der Waals surface area contributed by atoms with E-state index in [4.69, 9.17) is 5.73 Å². The van der Waals surface area contributed by atoms with E-state index in [2.05, 4.69) is 10.6 Å². The summed E-state index contributed by atoms with van der Waals surface area (Å²) in [5.74, 6) is 0.261. The second kappa shape index (κ2) is 7.36. The Labute approximate surface area is 109 Å². The molecule has 1 unspecified atom stereocenters. The molecule has 0 aromatic carbocycles. The zero-order valence-corrected chi connectivity index (χ0v) is 11.4. The number of carbonyl (C=O) groups is 2. The Morgan fingerprint density at radius 2 is 1.89 bits per heavy atom. The zero-order chi connectivity index (χ0) is 13.5. The molecular formula is C13H25N3O2. The van der Waals surface area contributed by atoms with E-state index in [1.165, 1.54) is 0 Å². The Hall–Kier alpha value is -1.10. The molecule has 1 fully saturated rings. The van der Waals surface area contributed by atoms with Crippen molar-refractivity contribution in [2.45, 2.75) is 58.0 Å². The van der Waals surface area contributed by atoms with Gasteiger partial charge in [0.1, 0.15) is 6.04 Å². The van der Waals surface area contributed by atoms with Gasteiger partial charge < -0.3 is 16.4 Å². The van der Waals surface area contributed by atoms with Crippen molar-refractivity contribution in [3.63, 3.8) is 0 Å². The number of hydrogen-bond donors (Lipinski definition) is 3. The lowest BCUT2D eigenvalue weighted by atomic mass is 9.84. The lowest BCUT2D eigenvalue weighted by molar-refractivity contribution is -0.129. The van der Waals surface area contributed by atoms with Gasteiger partial charge in [-0.15, -0.1) is 0 Å². The fourth-order valence-electron chi connectivity index (χ4n) is 2.35. The third-order valence-electron chi connectivity index (χ3n) is 3.49. The topological polar surface area (TPSA) is 84.2 Å². The van der Waals surface area contributed by atoms with E-state index in [1.807, 2.05) is 6.92 Å². The first kappa shape index (κ1) is 15.0. The summed E-state index contributed by atoms with van der Waals surface area (Å²) in [6, 6.07) is -0.151. The van der Waals surface area contributed by atoms with Crippen LogP contribution in [0.25, 0.3) is 0 Å². The first-order valence-corrected chi connectivity index (χ1v) is 6.85. The van der Waals surface area contributed by atoms with Crippen LogP contribution in [-0.2, 0) is 9.59 Å². The number of rotatable bonds is 5. The molecule has 5 nitrogen and oxygen atoms in total. The molecule has 4 N–H and O–H groups in total. The second-order valence-electron chi connectivity index (χ2n) is 5.17. The summed E-state index contributed by atoms with van der Waals surface area (Å²) in [4.78, 5) is 23.3. The zero-order valence-electron chi connectivity index (χ0n) is 11.4. The van der Waals surface area contributed by atoms with Gasteiger partial charge in [0.2, 0.25) is 11.8 Å². The third-order valence-corrected chi connectivity index (χ3v) is 3.49. The highest BCUT2D eigenvalue weighted by atomic mass is 16.2. The van der Waals surface area contributed by atoms with E-state index in [0.29, 0.717) is 24.9 Å². The lowest BCUT2D eigenvalue weighted by Crippen LogP contribution is -2.45. The van der Waals surface area contributed by atoms with Gasteiger partial charge in [-0.1, -0.05) is 0 Å². The van der Waals surface area contributed by atoms with Crippen LogP contribution in [0.2, 0.25) is 0 Å². The summed E-state index contributed by atoms with van der Waals surface area (Å²) in [7, 11) is 0. The minimum absolute atomic E-state index is 0.0331. The largest absolute Gasteiger partial charge is 0.355 e. The molecule has 104 valence electrons. The van der Waals surface area contributed by atoms with E-state index >= 15 is 0 Å². The van der Waals surface area contributed by atoms with Crippen LogP contribution in [-0.4, -0.2) is 30.4 Å². The van der Waals surface area contributed by atoms with Crippen LogP contribution in [0.1, 0.15) is 46.0 Å². The van der Waals surface area contributed by atoms with Gasteiger partial charge in [-0.05, 0) is 45.4 Å². The number of nitrogens with one attached hydrogen (secondary N) is 2. The number of carbonyl (C=O) groups excluding carboxylic acids is 2. The van der Waals surface area contributed by atoms with Crippen molar-refractivity contribution in [2.24, 2.45) is 11.7 Å². The first-order valence-electron chi connectivity index (χ1n) is 6.85. The third kappa shape index (κ3) is 5.04. The van der Waals surface area contributed by atoms with Crippen LogP contribution in [0.3, 0.4) is 0 Å². The maximum absolute atomic E-state index is 11.8. The first-order chi connectivity index (χ1) is 8.52. The number of amides is 2. The summed E-state index contributed by atoms with van der Waals surface area (Å²) >= 11 is 0. The highest BCUT2D eigenvalue weighted by Crippen LogP contribution is 2.25. The van der Waals surface area contributed by atoms with E-state index in [9.17, 15) is 9.59 Å². The summed E-state index contributed by atoms with van der Waals surface area (Å²) in [5.41, 5.74) is 5.83. The molecule has 1 atom stereocenters. The Balaban J connectivity index is 2.26. The molecular weight excluding hydrogens is 230 g/mol. The van der Waals surface area contributed by atoms with E-state index in [-0.39, 0.29) is 11.8 Å². The number of hydrogen-bond acceptors (Lipinski definition) is 3. The second-order valence-corrected chi connectivity index (χ2v) is 5.17. The number of nitrogens with two attached hydrogens (primary N) is 1. The van der Waals surface area contributed by atoms with Crippen LogP contribution < -0.4 is 16.4 Å². The molecule has 5 heteroatoms. The minimum atomic E-state index is -0.455. The molecule has 1 saturated carbocycles. The van der Waals surface area contributed by atoms with Crippen molar-refractivity contribution < 1.29 is 9.59 Å². The molecule has 1 aliphatic rings.